The molecule has 0 radical (unpaired) electrons. The molecule has 2 heterocycles. The molecule has 20 heavy (non-hydrogen) atoms. The molecule has 1 aliphatic heterocycles. The zero-order chi connectivity index (χ0) is 14.4. The highest BCUT2D eigenvalue weighted by atomic mass is 16.5. The number of hydrogen-bond donors (Lipinski definition) is 2. The summed E-state index contributed by atoms with van der Waals surface area (Å²) in [6, 6.07) is 3.49. The minimum absolute atomic E-state index is 0.234. The number of nitrogens with two attached hydrogens (primary N) is 1. The number of pyridine rings is 1. The minimum Gasteiger partial charge on any atom is -0.495 e. The summed E-state index contributed by atoms with van der Waals surface area (Å²) in [6.45, 7) is 3.93. The summed E-state index contributed by atoms with van der Waals surface area (Å²) in [5.74, 6) is 6.52. The molecule has 0 aromatic carbocycles. The molecule has 1 fully saturated rings. The normalized spacial score (nSPS) is 19.6. The van der Waals surface area contributed by atoms with Crippen molar-refractivity contribution in [2.24, 2.45) is 5.84 Å². The lowest BCUT2D eigenvalue weighted by Gasteiger charge is -2.42. The van der Waals surface area contributed by atoms with Crippen molar-refractivity contribution in [3.8, 4) is 5.75 Å². The van der Waals surface area contributed by atoms with Gasteiger partial charge in [0.25, 0.3) is 0 Å². The number of ether oxygens (including phenoxy) is 3. The van der Waals surface area contributed by atoms with E-state index in [-0.39, 0.29) is 6.04 Å². The van der Waals surface area contributed by atoms with E-state index in [2.05, 4.69) is 10.4 Å². The molecule has 0 saturated carbocycles. The second-order valence-corrected chi connectivity index (χ2v) is 4.80. The van der Waals surface area contributed by atoms with Crippen LogP contribution in [0.25, 0.3) is 0 Å². The highest BCUT2D eigenvalue weighted by Gasteiger charge is 2.43. The number of nitrogens with zero attached hydrogens (tertiary/aromatic N) is 1. The third-order valence-electron chi connectivity index (χ3n) is 3.76. The Morgan fingerprint density at radius 2 is 2.25 bits per heavy atom. The maximum Gasteiger partial charge on any atom is 0.142 e. The Morgan fingerprint density at radius 3 is 2.85 bits per heavy atom. The first-order valence-electron chi connectivity index (χ1n) is 6.94. The van der Waals surface area contributed by atoms with Crippen molar-refractivity contribution in [2.75, 3.05) is 26.9 Å². The summed E-state index contributed by atoms with van der Waals surface area (Å²) in [6.07, 6.45) is 3.28. The Morgan fingerprint density at radius 1 is 1.50 bits per heavy atom. The summed E-state index contributed by atoms with van der Waals surface area (Å²) >= 11 is 0. The molecule has 1 unspecified atom stereocenters. The summed E-state index contributed by atoms with van der Waals surface area (Å²) in [4.78, 5) is 4.43. The van der Waals surface area contributed by atoms with Crippen LogP contribution < -0.4 is 16.0 Å². The van der Waals surface area contributed by atoms with Crippen molar-refractivity contribution in [3.63, 3.8) is 0 Å². The first-order chi connectivity index (χ1) is 9.77. The highest BCUT2D eigenvalue weighted by molar-refractivity contribution is 5.31. The van der Waals surface area contributed by atoms with Crippen LogP contribution in [0.5, 0.6) is 5.75 Å². The van der Waals surface area contributed by atoms with Gasteiger partial charge in [-0.2, -0.15) is 0 Å². The van der Waals surface area contributed by atoms with Crippen LogP contribution in [0.15, 0.2) is 18.3 Å². The molecule has 1 aromatic heterocycles. The monoisotopic (exact) mass is 281 g/mol. The van der Waals surface area contributed by atoms with Gasteiger partial charge in [-0.05, 0) is 19.1 Å². The molecule has 3 N–H and O–H groups in total. The van der Waals surface area contributed by atoms with Crippen LogP contribution in [0.3, 0.4) is 0 Å². The van der Waals surface area contributed by atoms with Gasteiger partial charge in [-0.25, -0.2) is 5.43 Å². The van der Waals surface area contributed by atoms with Gasteiger partial charge in [-0.15, -0.1) is 0 Å². The van der Waals surface area contributed by atoms with E-state index in [0.29, 0.717) is 25.6 Å². The molecule has 6 nitrogen and oxygen atoms in total. The van der Waals surface area contributed by atoms with Crippen molar-refractivity contribution >= 4 is 0 Å². The third-order valence-corrected chi connectivity index (χ3v) is 3.76. The standard InChI is InChI=1S/C14H23N3O3/c1-3-20-14(6-9-19-10-7-14)13(17-15)12-11(18-2)5-4-8-16-12/h4-5,8,13,17H,3,6-7,9-10,15H2,1-2H3. The fourth-order valence-corrected chi connectivity index (χ4v) is 2.79. The lowest BCUT2D eigenvalue weighted by molar-refractivity contribution is -0.129. The molecule has 0 amide bonds. The van der Waals surface area contributed by atoms with Crippen molar-refractivity contribution in [3.05, 3.63) is 24.0 Å². The van der Waals surface area contributed by atoms with E-state index in [1.165, 1.54) is 0 Å². The predicted octanol–water partition coefficient (Wildman–Crippen LogP) is 1.18. The van der Waals surface area contributed by atoms with Crippen LogP contribution in [-0.2, 0) is 9.47 Å². The van der Waals surface area contributed by atoms with Gasteiger partial charge in [-0.1, -0.05) is 0 Å². The molecule has 1 atom stereocenters. The molecule has 112 valence electrons. The van der Waals surface area contributed by atoms with Gasteiger partial charge in [0, 0.05) is 38.9 Å². The molecule has 1 aromatic rings. The number of hydrazine groups is 1. The Kier molecular flexibility index (Phi) is 5.31. The second kappa shape index (κ2) is 6.99. The average Bonchev–Trinajstić information content (AvgIpc) is 2.49. The summed E-state index contributed by atoms with van der Waals surface area (Å²) < 4.78 is 16.9. The number of nitrogens with one attached hydrogen (secondary N) is 1. The molecule has 1 saturated heterocycles. The summed E-state index contributed by atoms with van der Waals surface area (Å²) in [5.41, 5.74) is 3.22. The molecular weight excluding hydrogens is 258 g/mol. The quantitative estimate of drug-likeness (QED) is 0.602. The van der Waals surface area contributed by atoms with E-state index in [0.717, 1.165) is 18.5 Å². The smallest absolute Gasteiger partial charge is 0.142 e. The van der Waals surface area contributed by atoms with Gasteiger partial charge < -0.3 is 14.2 Å². The summed E-state index contributed by atoms with van der Waals surface area (Å²) in [5, 5.41) is 0. The van der Waals surface area contributed by atoms with Crippen LogP contribution >= 0.6 is 0 Å². The van der Waals surface area contributed by atoms with Crippen molar-refractivity contribution < 1.29 is 14.2 Å². The van der Waals surface area contributed by atoms with Crippen LogP contribution in [0.2, 0.25) is 0 Å². The lowest BCUT2D eigenvalue weighted by Crippen LogP contribution is -2.52. The molecule has 2 rings (SSSR count). The zero-order valence-corrected chi connectivity index (χ0v) is 12.1. The van der Waals surface area contributed by atoms with Gasteiger partial charge in [0.1, 0.15) is 11.4 Å². The summed E-state index contributed by atoms with van der Waals surface area (Å²) in [7, 11) is 1.63. The predicted molar refractivity (Wildman–Crippen MR) is 75.3 cm³/mol. The third kappa shape index (κ3) is 2.93. The average molecular weight is 281 g/mol. The van der Waals surface area contributed by atoms with Crippen molar-refractivity contribution in [2.45, 2.75) is 31.4 Å². The first-order valence-corrected chi connectivity index (χ1v) is 6.94. The Balaban J connectivity index is 2.37. The van der Waals surface area contributed by atoms with Gasteiger partial charge in [0.2, 0.25) is 0 Å². The van der Waals surface area contributed by atoms with Crippen LogP contribution in [0, 0.1) is 0 Å². The number of aromatic nitrogens is 1. The second-order valence-electron chi connectivity index (χ2n) is 4.80. The van der Waals surface area contributed by atoms with Gasteiger partial charge in [-0.3, -0.25) is 10.8 Å². The number of rotatable bonds is 6. The number of methoxy groups -OCH3 is 1. The first kappa shape index (κ1) is 15.2. The maximum absolute atomic E-state index is 6.06. The molecule has 0 aliphatic carbocycles. The fourth-order valence-electron chi connectivity index (χ4n) is 2.79. The van der Waals surface area contributed by atoms with Crippen LogP contribution in [0.1, 0.15) is 31.5 Å². The largest absolute Gasteiger partial charge is 0.495 e. The van der Waals surface area contributed by atoms with E-state index in [1.807, 2.05) is 19.1 Å². The van der Waals surface area contributed by atoms with Crippen LogP contribution in [0.4, 0.5) is 0 Å². The van der Waals surface area contributed by atoms with E-state index >= 15 is 0 Å². The van der Waals surface area contributed by atoms with E-state index in [1.54, 1.807) is 13.3 Å². The maximum atomic E-state index is 6.06. The Hall–Kier alpha value is -1.21. The van der Waals surface area contributed by atoms with E-state index < -0.39 is 5.60 Å². The van der Waals surface area contributed by atoms with Gasteiger partial charge >= 0.3 is 0 Å². The zero-order valence-electron chi connectivity index (χ0n) is 12.1. The molecular formula is C14H23N3O3. The molecule has 0 spiro atoms. The topological polar surface area (TPSA) is 78.6 Å². The van der Waals surface area contributed by atoms with Crippen LogP contribution in [-0.4, -0.2) is 37.5 Å². The molecule has 1 aliphatic rings. The van der Waals surface area contributed by atoms with E-state index in [4.69, 9.17) is 20.1 Å². The van der Waals surface area contributed by atoms with Gasteiger partial charge in [0.15, 0.2) is 0 Å². The number of hydrogen-bond acceptors (Lipinski definition) is 6. The van der Waals surface area contributed by atoms with Gasteiger partial charge in [0.05, 0.1) is 18.8 Å². The van der Waals surface area contributed by atoms with E-state index in [9.17, 15) is 0 Å². The highest BCUT2D eigenvalue weighted by Crippen LogP contribution is 2.39. The van der Waals surface area contributed by atoms with Crippen molar-refractivity contribution in [1.29, 1.82) is 0 Å². The van der Waals surface area contributed by atoms with Crippen molar-refractivity contribution in [1.82, 2.24) is 10.4 Å². The molecule has 6 heteroatoms. The Bertz CT molecular complexity index is 416. The SMILES string of the molecule is CCOC1(C(NN)c2ncccc2OC)CCOCC1. The Labute approximate surface area is 119 Å². The fraction of sp³-hybridized carbons (Fsp3) is 0.643. The minimum atomic E-state index is -0.413. The molecule has 0 bridgehead atoms. The lowest BCUT2D eigenvalue weighted by atomic mass is 9.84.